The molecule has 30 heavy (non-hydrogen) atoms. The van der Waals surface area contributed by atoms with Crippen molar-refractivity contribution in [2.24, 2.45) is 0 Å². The summed E-state index contributed by atoms with van der Waals surface area (Å²) in [6.07, 6.45) is 0.369. The Labute approximate surface area is 181 Å². The topological polar surface area (TPSA) is 95.6 Å². The Kier molecular flexibility index (Phi) is 4.73. The molecule has 1 aromatic carbocycles. The molecule has 2 amide bonds. The normalized spacial score (nSPS) is 21.1. The zero-order chi connectivity index (χ0) is 20.9. The van der Waals surface area contributed by atoms with Gasteiger partial charge in [0.2, 0.25) is 15.9 Å². The molecule has 3 aromatic rings. The van der Waals surface area contributed by atoms with Crippen LogP contribution in [0.3, 0.4) is 0 Å². The lowest BCUT2D eigenvalue weighted by Gasteiger charge is -2.24. The van der Waals surface area contributed by atoms with Crippen molar-refractivity contribution >= 4 is 50.2 Å². The number of fused-ring (bicyclic) bond motifs is 2. The summed E-state index contributed by atoms with van der Waals surface area (Å²) in [7, 11) is -3.76. The van der Waals surface area contributed by atoms with Gasteiger partial charge in [0.15, 0.2) is 0 Å². The van der Waals surface area contributed by atoms with Gasteiger partial charge in [0.05, 0.1) is 17.3 Å². The third-order valence-corrected chi connectivity index (χ3v) is 9.11. The Balaban J connectivity index is 1.47. The number of sulfonamides is 1. The molecule has 1 saturated heterocycles. The van der Waals surface area contributed by atoms with E-state index >= 15 is 0 Å². The van der Waals surface area contributed by atoms with E-state index in [0.717, 1.165) is 21.8 Å². The van der Waals surface area contributed by atoms with Gasteiger partial charge in [-0.2, -0.15) is 0 Å². The largest absolute Gasteiger partial charge is 0.325 e. The molecular formula is C20H17N3O4S3. The zero-order valence-electron chi connectivity index (χ0n) is 15.6. The monoisotopic (exact) mass is 459 g/mol. The summed E-state index contributed by atoms with van der Waals surface area (Å²) < 4.78 is 28.1. The number of carbonyl (C=O) groups is 2. The van der Waals surface area contributed by atoms with Crippen LogP contribution in [0, 0.1) is 0 Å². The van der Waals surface area contributed by atoms with E-state index in [9.17, 15) is 18.0 Å². The molecule has 0 spiro atoms. The summed E-state index contributed by atoms with van der Waals surface area (Å²) >= 11 is 2.68. The maximum atomic E-state index is 13.3. The standard InChI is InChI=1S/C20H17N3O4S3/c24-19-18-15(22-30(26,27)17-4-2-10-29-17)7-8-23(18)20(25)13-11-12(5-6-14(13)21-19)16-3-1-9-28-16/h1-6,9-11,15,18,22H,7-8H2,(H,21,24)/t15-,18-/m0/s1. The van der Waals surface area contributed by atoms with E-state index in [4.69, 9.17) is 0 Å². The summed E-state index contributed by atoms with van der Waals surface area (Å²) in [4.78, 5) is 28.8. The van der Waals surface area contributed by atoms with Gasteiger partial charge in [-0.3, -0.25) is 9.59 Å². The number of thiophene rings is 2. The van der Waals surface area contributed by atoms with Crippen LogP contribution in [-0.4, -0.2) is 43.8 Å². The number of benzene rings is 1. The molecule has 2 atom stereocenters. The number of anilines is 1. The number of nitrogens with one attached hydrogen (secondary N) is 2. The minimum atomic E-state index is -3.76. The van der Waals surface area contributed by atoms with E-state index in [-0.39, 0.29) is 16.0 Å². The summed E-state index contributed by atoms with van der Waals surface area (Å²) in [5, 5.41) is 6.46. The number of nitrogens with zero attached hydrogens (tertiary/aromatic N) is 1. The predicted octanol–water partition coefficient (Wildman–Crippen LogP) is 2.99. The second kappa shape index (κ2) is 7.31. The second-order valence-electron chi connectivity index (χ2n) is 7.12. The van der Waals surface area contributed by atoms with E-state index in [1.54, 1.807) is 34.9 Å². The third kappa shape index (κ3) is 3.25. The number of hydrogen-bond acceptors (Lipinski definition) is 6. The van der Waals surface area contributed by atoms with Crippen LogP contribution >= 0.6 is 22.7 Å². The van der Waals surface area contributed by atoms with Crippen LogP contribution in [-0.2, 0) is 14.8 Å². The maximum absolute atomic E-state index is 13.3. The van der Waals surface area contributed by atoms with Gasteiger partial charge in [-0.1, -0.05) is 18.2 Å². The molecule has 4 heterocycles. The molecule has 2 aliphatic rings. The highest BCUT2D eigenvalue weighted by atomic mass is 32.2. The van der Waals surface area contributed by atoms with Crippen LogP contribution in [0.4, 0.5) is 5.69 Å². The van der Waals surface area contributed by atoms with Gasteiger partial charge in [0.1, 0.15) is 10.3 Å². The Bertz CT molecular complexity index is 1220. The number of carbonyl (C=O) groups excluding carboxylic acids is 2. The van der Waals surface area contributed by atoms with Crippen molar-refractivity contribution in [1.29, 1.82) is 0 Å². The van der Waals surface area contributed by atoms with E-state index in [0.29, 0.717) is 24.2 Å². The number of amides is 2. The van der Waals surface area contributed by atoms with Crippen molar-refractivity contribution in [2.45, 2.75) is 22.7 Å². The Morgan fingerprint density at radius 3 is 2.60 bits per heavy atom. The van der Waals surface area contributed by atoms with Gasteiger partial charge >= 0.3 is 0 Å². The molecule has 1 fully saturated rings. The van der Waals surface area contributed by atoms with Gasteiger partial charge in [0, 0.05) is 11.4 Å². The second-order valence-corrected chi connectivity index (χ2v) is 11.0. The first-order chi connectivity index (χ1) is 14.4. The molecule has 0 radical (unpaired) electrons. The van der Waals surface area contributed by atoms with Gasteiger partial charge < -0.3 is 10.2 Å². The summed E-state index contributed by atoms with van der Waals surface area (Å²) in [6.45, 7) is 0.303. The molecule has 7 nitrogen and oxygen atoms in total. The summed E-state index contributed by atoms with van der Waals surface area (Å²) in [5.74, 6) is -0.660. The van der Waals surface area contributed by atoms with Gasteiger partial charge in [-0.15, -0.1) is 22.7 Å². The van der Waals surface area contributed by atoms with Crippen LogP contribution in [0.25, 0.3) is 10.4 Å². The number of rotatable bonds is 4. The predicted molar refractivity (Wildman–Crippen MR) is 116 cm³/mol. The highest BCUT2D eigenvalue weighted by molar-refractivity contribution is 7.91. The van der Waals surface area contributed by atoms with Crippen molar-refractivity contribution in [1.82, 2.24) is 9.62 Å². The fourth-order valence-corrected chi connectivity index (χ4v) is 6.94. The molecule has 0 bridgehead atoms. The van der Waals surface area contributed by atoms with Crippen molar-refractivity contribution in [3.63, 3.8) is 0 Å². The first-order valence-corrected chi connectivity index (χ1v) is 12.5. The van der Waals surface area contributed by atoms with Crippen molar-refractivity contribution in [3.8, 4) is 10.4 Å². The maximum Gasteiger partial charge on any atom is 0.256 e. The molecule has 0 unspecified atom stereocenters. The molecule has 2 aliphatic heterocycles. The molecule has 2 N–H and O–H groups in total. The van der Waals surface area contributed by atoms with Crippen LogP contribution in [0.15, 0.2) is 57.4 Å². The molecule has 0 aliphatic carbocycles. The minimum absolute atomic E-state index is 0.185. The Hall–Kier alpha value is -2.53. The molecule has 5 rings (SSSR count). The first-order valence-electron chi connectivity index (χ1n) is 9.30. The highest BCUT2D eigenvalue weighted by Crippen LogP contribution is 2.34. The Morgan fingerprint density at radius 2 is 1.87 bits per heavy atom. The lowest BCUT2D eigenvalue weighted by atomic mass is 10.1. The van der Waals surface area contributed by atoms with Crippen molar-refractivity contribution in [3.05, 3.63) is 58.8 Å². The smallest absolute Gasteiger partial charge is 0.256 e. The van der Waals surface area contributed by atoms with Crippen molar-refractivity contribution < 1.29 is 18.0 Å². The van der Waals surface area contributed by atoms with Gasteiger partial charge in [0.25, 0.3) is 5.91 Å². The van der Waals surface area contributed by atoms with Crippen LogP contribution < -0.4 is 10.0 Å². The van der Waals surface area contributed by atoms with E-state index in [1.165, 1.54) is 11.0 Å². The summed E-state index contributed by atoms with van der Waals surface area (Å²) in [6, 6.07) is 10.9. The molecule has 0 saturated carbocycles. The van der Waals surface area contributed by atoms with Crippen molar-refractivity contribution in [2.75, 3.05) is 11.9 Å². The molecule has 2 aromatic heterocycles. The quantitative estimate of drug-likeness (QED) is 0.627. The lowest BCUT2D eigenvalue weighted by molar-refractivity contribution is -0.120. The average Bonchev–Trinajstić information content (AvgIpc) is 3.47. The minimum Gasteiger partial charge on any atom is -0.325 e. The van der Waals surface area contributed by atoms with Crippen LogP contribution in [0.5, 0.6) is 0 Å². The lowest BCUT2D eigenvalue weighted by Crippen LogP contribution is -2.51. The fourth-order valence-electron chi connectivity index (χ4n) is 3.93. The summed E-state index contributed by atoms with van der Waals surface area (Å²) in [5.41, 5.74) is 1.76. The first kappa shape index (κ1) is 19.4. The van der Waals surface area contributed by atoms with E-state index in [2.05, 4.69) is 10.0 Å². The molecule has 10 heteroatoms. The van der Waals surface area contributed by atoms with Crippen LogP contribution in [0.2, 0.25) is 0 Å². The van der Waals surface area contributed by atoms with E-state index < -0.39 is 22.1 Å². The zero-order valence-corrected chi connectivity index (χ0v) is 18.0. The molecule has 154 valence electrons. The Morgan fingerprint density at radius 1 is 1.07 bits per heavy atom. The fraction of sp³-hybridized carbons (Fsp3) is 0.200. The number of hydrogen-bond donors (Lipinski definition) is 2. The highest BCUT2D eigenvalue weighted by Gasteiger charge is 2.46. The van der Waals surface area contributed by atoms with Gasteiger partial charge in [-0.25, -0.2) is 13.1 Å². The average molecular weight is 460 g/mol. The SMILES string of the molecule is O=C1Nc2ccc(-c3cccs3)cc2C(=O)N2CC[C@H](NS(=O)(=O)c3cccs3)[C@@H]12. The van der Waals surface area contributed by atoms with Crippen LogP contribution in [0.1, 0.15) is 16.8 Å². The third-order valence-electron chi connectivity index (χ3n) is 5.31. The molecular weight excluding hydrogens is 442 g/mol. The van der Waals surface area contributed by atoms with E-state index in [1.807, 2.05) is 23.6 Å². The van der Waals surface area contributed by atoms with Gasteiger partial charge in [-0.05, 0) is 47.0 Å².